The molecule has 1 rings (SSSR count). The van der Waals surface area contributed by atoms with Gasteiger partial charge in [-0.25, -0.2) is 4.79 Å². The normalized spacial score (nSPS) is 12.9. The van der Waals surface area contributed by atoms with Crippen LogP contribution in [0.15, 0.2) is 30.3 Å². The van der Waals surface area contributed by atoms with Crippen LogP contribution in [-0.2, 0) is 14.3 Å². The van der Waals surface area contributed by atoms with Gasteiger partial charge in [-0.2, -0.15) is 11.8 Å². The number of thioether (sulfide) groups is 1. The summed E-state index contributed by atoms with van der Waals surface area (Å²) < 4.78 is 5.45. The van der Waals surface area contributed by atoms with Crippen LogP contribution >= 0.6 is 11.8 Å². The summed E-state index contributed by atoms with van der Waals surface area (Å²) in [5, 5.41) is 5.86. The highest BCUT2D eigenvalue weighted by atomic mass is 32.2. The van der Waals surface area contributed by atoms with E-state index in [9.17, 15) is 14.4 Å². The van der Waals surface area contributed by atoms with Crippen LogP contribution in [-0.4, -0.2) is 59.5 Å². The Morgan fingerprint density at radius 3 is 2.22 bits per heavy atom. The minimum atomic E-state index is -0.785. The van der Waals surface area contributed by atoms with Crippen molar-refractivity contribution in [2.24, 2.45) is 0 Å². The summed E-state index contributed by atoms with van der Waals surface area (Å²) in [4.78, 5) is 42.0. The number of carbonyl (C=O) groups is 3. The standard InChI is InChI=1S/C29H49N3O4S/c1-7-9-11-16-21-32(27(34)24(19-22-37-6)31-28(35)36-29(3,4)5)25(23-17-13-12-14-18-23)26(33)30-20-15-10-8-2/h12-14,17-18,24-25H,7-11,15-16,19-22H2,1-6H3,(H,30,33)(H,31,35). The van der Waals surface area contributed by atoms with E-state index in [4.69, 9.17) is 4.74 Å². The quantitative estimate of drug-likeness (QED) is 0.236. The molecule has 2 N–H and O–H groups in total. The lowest BCUT2D eigenvalue weighted by Gasteiger charge is -2.34. The van der Waals surface area contributed by atoms with E-state index in [0.717, 1.165) is 50.5 Å². The van der Waals surface area contributed by atoms with Gasteiger partial charge in [0, 0.05) is 13.1 Å². The minimum Gasteiger partial charge on any atom is -0.444 e. The molecule has 210 valence electrons. The second-order valence-electron chi connectivity index (χ2n) is 10.4. The van der Waals surface area contributed by atoms with Gasteiger partial charge in [0.1, 0.15) is 17.7 Å². The number of nitrogens with zero attached hydrogens (tertiary/aromatic N) is 1. The SMILES string of the molecule is CCCCCCN(C(=O)C(CCSC)NC(=O)OC(C)(C)C)C(C(=O)NCCCCC)c1ccccc1. The Balaban J connectivity index is 3.32. The number of rotatable bonds is 17. The predicted octanol–water partition coefficient (Wildman–Crippen LogP) is 6.09. The summed E-state index contributed by atoms with van der Waals surface area (Å²) in [6, 6.07) is 7.90. The van der Waals surface area contributed by atoms with Crippen LogP contribution < -0.4 is 10.6 Å². The first-order valence-corrected chi connectivity index (χ1v) is 15.2. The molecule has 0 aliphatic heterocycles. The highest BCUT2D eigenvalue weighted by molar-refractivity contribution is 7.98. The molecule has 2 unspecified atom stereocenters. The van der Waals surface area contributed by atoms with Crippen molar-refractivity contribution in [2.75, 3.05) is 25.1 Å². The zero-order chi connectivity index (χ0) is 27.7. The third-order valence-electron chi connectivity index (χ3n) is 5.89. The fourth-order valence-electron chi connectivity index (χ4n) is 4.01. The Labute approximate surface area is 228 Å². The van der Waals surface area contributed by atoms with Crippen molar-refractivity contribution >= 4 is 29.7 Å². The molecule has 0 aromatic heterocycles. The van der Waals surface area contributed by atoms with Crippen molar-refractivity contribution in [1.29, 1.82) is 0 Å². The number of hydrogen-bond donors (Lipinski definition) is 2. The van der Waals surface area contributed by atoms with E-state index in [1.54, 1.807) is 37.4 Å². The highest BCUT2D eigenvalue weighted by Gasteiger charge is 2.35. The first kappa shape index (κ1) is 32.8. The topological polar surface area (TPSA) is 87.7 Å². The van der Waals surface area contributed by atoms with Gasteiger partial charge in [0.15, 0.2) is 0 Å². The van der Waals surface area contributed by atoms with Gasteiger partial charge in [-0.3, -0.25) is 9.59 Å². The fourth-order valence-corrected chi connectivity index (χ4v) is 4.48. The third kappa shape index (κ3) is 13.2. The number of benzene rings is 1. The van der Waals surface area contributed by atoms with E-state index in [1.165, 1.54) is 0 Å². The number of alkyl carbamates (subject to hydrolysis) is 1. The first-order valence-electron chi connectivity index (χ1n) is 13.8. The van der Waals surface area contributed by atoms with Crippen LogP contribution in [0, 0.1) is 0 Å². The van der Waals surface area contributed by atoms with Crippen molar-refractivity contribution in [3.8, 4) is 0 Å². The van der Waals surface area contributed by atoms with E-state index in [1.807, 2.05) is 36.6 Å². The van der Waals surface area contributed by atoms with Crippen molar-refractivity contribution in [3.63, 3.8) is 0 Å². The van der Waals surface area contributed by atoms with Gasteiger partial charge in [0.25, 0.3) is 0 Å². The molecule has 0 radical (unpaired) electrons. The molecule has 3 amide bonds. The Hall–Kier alpha value is -2.22. The van der Waals surface area contributed by atoms with Crippen LogP contribution in [0.25, 0.3) is 0 Å². The highest BCUT2D eigenvalue weighted by Crippen LogP contribution is 2.24. The molecule has 8 heteroatoms. The third-order valence-corrected chi connectivity index (χ3v) is 6.53. The summed E-state index contributed by atoms with van der Waals surface area (Å²) in [6.45, 7) is 10.6. The van der Waals surface area contributed by atoms with Crippen molar-refractivity contribution in [3.05, 3.63) is 35.9 Å². The van der Waals surface area contributed by atoms with Crippen LogP contribution in [0.3, 0.4) is 0 Å². The lowest BCUT2D eigenvalue weighted by Crippen LogP contribution is -2.53. The average Bonchev–Trinajstić information content (AvgIpc) is 2.85. The number of nitrogens with one attached hydrogen (secondary N) is 2. The van der Waals surface area contributed by atoms with Crippen molar-refractivity contribution in [2.45, 2.75) is 104 Å². The van der Waals surface area contributed by atoms with Gasteiger partial charge in [0.2, 0.25) is 11.8 Å². The van der Waals surface area contributed by atoms with Gasteiger partial charge in [0.05, 0.1) is 0 Å². The lowest BCUT2D eigenvalue weighted by atomic mass is 10.0. The maximum atomic E-state index is 14.1. The van der Waals surface area contributed by atoms with Crippen molar-refractivity contribution in [1.82, 2.24) is 15.5 Å². The van der Waals surface area contributed by atoms with Gasteiger partial charge in [-0.15, -0.1) is 0 Å². The smallest absolute Gasteiger partial charge is 0.408 e. The van der Waals surface area contributed by atoms with E-state index in [0.29, 0.717) is 25.3 Å². The predicted molar refractivity (Wildman–Crippen MR) is 154 cm³/mol. The molecule has 0 fully saturated rings. The monoisotopic (exact) mass is 535 g/mol. The van der Waals surface area contributed by atoms with E-state index in [-0.39, 0.29) is 11.8 Å². The Morgan fingerprint density at radius 2 is 1.62 bits per heavy atom. The number of amides is 3. The van der Waals surface area contributed by atoms with E-state index < -0.39 is 23.8 Å². The molecule has 0 aliphatic carbocycles. The van der Waals surface area contributed by atoms with Gasteiger partial charge >= 0.3 is 6.09 Å². The molecule has 1 aromatic carbocycles. The second-order valence-corrected chi connectivity index (χ2v) is 11.4. The molecule has 0 saturated carbocycles. The molecule has 1 aromatic rings. The van der Waals surface area contributed by atoms with E-state index in [2.05, 4.69) is 24.5 Å². The van der Waals surface area contributed by atoms with Crippen LogP contribution in [0.5, 0.6) is 0 Å². The molecule has 0 saturated heterocycles. The summed E-state index contributed by atoms with van der Waals surface area (Å²) in [5.74, 6) is 0.246. The summed E-state index contributed by atoms with van der Waals surface area (Å²) >= 11 is 1.61. The van der Waals surface area contributed by atoms with E-state index >= 15 is 0 Å². The summed E-state index contributed by atoms with van der Waals surface area (Å²) in [7, 11) is 0. The van der Waals surface area contributed by atoms with Crippen molar-refractivity contribution < 1.29 is 19.1 Å². The Bertz CT molecular complexity index is 798. The fraction of sp³-hybridized carbons (Fsp3) is 0.690. The zero-order valence-corrected chi connectivity index (χ0v) is 24.6. The zero-order valence-electron chi connectivity index (χ0n) is 23.8. The Morgan fingerprint density at radius 1 is 0.973 bits per heavy atom. The first-order chi connectivity index (χ1) is 17.6. The van der Waals surface area contributed by atoms with Gasteiger partial charge in [-0.05, 0) is 57.6 Å². The average molecular weight is 536 g/mol. The molecule has 0 heterocycles. The van der Waals surface area contributed by atoms with Crippen LogP contribution in [0.1, 0.15) is 97.6 Å². The molecule has 2 atom stereocenters. The van der Waals surface area contributed by atoms with Gasteiger partial charge in [-0.1, -0.05) is 76.3 Å². The molecule has 0 aliphatic rings. The lowest BCUT2D eigenvalue weighted by molar-refractivity contribution is -0.142. The maximum Gasteiger partial charge on any atom is 0.408 e. The molecule has 7 nitrogen and oxygen atoms in total. The summed E-state index contributed by atoms with van der Waals surface area (Å²) in [6.07, 6.45) is 8.67. The number of carbonyl (C=O) groups excluding carboxylic acids is 3. The van der Waals surface area contributed by atoms with Gasteiger partial charge < -0.3 is 20.3 Å². The minimum absolute atomic E-state index is 0.188. The molecule has 37 heavy (non-hydrogen) atoms. The summed E-state index contributed by atoms with van der Waals surface area (Å²) in [5.41, 5.74) is 0.0855. The molecule has 0 spiro atoms. The number of hydrogen-bond acceptors (Lipinski definition) is 5. The maximum absolute atomic E-state index is 14.1. The second kappa shape index (κ2) is 18.1. The van der Waals surface area contributed by atoms with Crippen LogP contribution in [0.4, 0.5) is 4.79 Å². The molecule has 0 bridgehead atoms. The largest absolute Gasteiger partial charge is 0.444 e. The molecular formula is C29H49N3O4S. The molecular weight excluding hydrogens is 486 g/mol. The number of ether oxygens (including phenoxy) is 1. The number of unbranched alkanes of at least 4 members (excludes halogenated alkanes) is 5. The van der Waals surface area contributed by atoms with Crippen LogP contribution in [0.2, 0.25) is 0 Å². The Kier molecular flexibility index (Phi) is 16.1.